The van der Waals surface area contributed by atoms with Crippen LogP contribution in [0, 0.1) is 11.8 Å². The molecule has 2 nitrogen and oxygen atoms in total. The average molecular weight is 241 g/mol. The summed E-state index contributed by atoms with van der Waals surface area (Å²) in [6.45, 7) is 5.95. The molecule has 1 aliphatic rings. The predicted molar refractivity (Wildman–Crippen MR) is 74.1 cm³/mol. The third-order valence-corrected chi connectivity index (χ3v) is 4.48. The molecule has 0 spiro atoms. The average Bonchev–Trinajstić information content (AvgIpc) is 2.40. The third kappa shape index (κ3) is 5.39. The van der Waals surface area contributed by atoms with Gasteiger partial charge in [-0.15, -0.1) is 0 Å². The van der Waals surface area contributed by atoms with Crippen LogP contribution in [0.4, 0.5) is 0 Å². The van der Waals surface area contributed by atoms with Crippen LogP contribution in [0.3, 0.4) is 0 Å². The van der Waals surface area contributed by atoms with Gasteiger partial charge in [0.25, 0.3) is 0 Å². The summed E-state index contributed by atoms with van der Waals surface area (Å²) in [4.78, 5) is 0. The lowest BCUT2D eigenvalue weighted by Gasteiger charge is -2.29. The van der Waals surface area contributed by atoms with Crippen molar-refractivity contribution in [1.29, 1.82) is 0 Å². The van der Waals surface area contributed by atoms with Crippen LogP contribution in [0.25, 0.3) is 0 Å². The Morgan fingerprint density at radius 2 is 1.76 bits per heavy atom. The number of hydrogen-bond donors (Lipinski definition) is 2. The van der Waals surface area contributed by atoms with Crippen LogP contribution in [0.2, 0.25) is 0 Å². The standard InChI is InChI=1S/C15H31NO/c1-3-15(4-2)16-11-10-14(12-17)13-8-6-5-7-9-13/h13-17H,3-12H2,1-2H3. The molecule has 1 fully saturated rings. The molecule has 2 heteroatoms. The molecule has 2 N–H and O–H groups in total. The molecule has 0 bridgehead atoms. The zero-order valence-corrected chi connectivity index (χ0v) is 11.8. The number of aliphatic hydroxyl groups is 1. The van der Waals surface area contributed by atoms with Crippen LogP contribution >= 0.6 is 0 Å². The molecule has 1 atom stereocenters. The summed E-state index contributed by atoms with van der Waals surface area (Å²) in [6.07, 6.45) is 10.4. The fourth-order valence-electron chi connectivity index (χ4n) is 3.13. The van der Waals surface area contributed by atoms with Gasteiger partial charge in [0.1, 0.15) is 0 Å². The van der Waals surface area contributed by atoms with Gasteiger partial charge < -0.3 is 10.4 Å². The van der Waals surface area contributed by atoms with Gasteiger partial charge >= 0.3 is 0 Å². The van der Waals surface area contributed by atoms with E-state index in [-0.39, 0.29) is 0 Å². The van der Waals surface area contributed by atoms with Crippen molar-refractivity contribution in [3.63, 3.8) is 0 Å². The van der Waals surface area contributed by atoms with Crippen molar-refractivity contribution in [2.75, 3.05) is 13.2 Å². The summed E-state index contributed by atoms with van der Waals surface area (Å²) in [5, 5.41) is 13.1. The van der Waals surface area contributed by atoms with E-state index >= 15 is 0 Å². The highest BCUT2D eigenvalue weighted by molar-refractivity contribution is 4.75. The molecule has 0 saturated heterocycles. The lowest BCUT2D eigenvalue weighted by Crippen LogP contribution is -2.32. The normalized spacial score (nSPS) is 19.8. The summed E-state index contributed by atoms with van der Waals surface area (Å²) in [7, 11) is 0. The molecule has 1 unspecified atom stereocenters. The Labute approximate surface area is 107 Å². The summed E-state index contributed by atoms with van der Waals surface area (Å²) < 4.78 is 0. The second-order valence-electron chi connectivity index (χ2n) is 5.60. The van der Waals surface area contributed by atoms with Gasteiger partial charge in [0.05, 0.1) is 0 Å². The first-order chi connectivity index (χ1) is 8.31. The van der Waals surface area contributed by atoms with Gasteiger partial charge in [-0.3, -0.25) is 0 Å². The Bertz CT molecular complexity index is 174. The highest BCUT2D eigenvalue weighted by Gasteiger charge is 2.22. The molecule has 0 aromatic carbocycles. The Morgan fingerprint density at radius 3 is 2.29 bits per heavy atom. The van der Waals surface area contributed by atoms with Crippen LogP contribution in [-0.4, -0.2) is 24.3 Å². The zero-order chi connectivity index (χ0) is 12.5. The van der Waals surface area contributed by atoms with Crippen molar-refractivity contribution in [2.24, 2.45) is 11.8 Å². The fourth-order valence-corrected chi connectivity index (χ4v) is 3.13. The number of hydrogen-bond acceptors (Lipinski definition) is 2. The smallest absolute Gasteiger partial charge is 0.0462 e. The van der Waals surface area contributed by atoms with Gasteiger partial charge in [-0.1, -0.05) is 46.0 Å². The van der Waals surface area contributed by atoms with E-state index in [2.05, 4.69) is 19.2 Å². The monoisotopic (exact) mass is 241 g/mol. The Kier molecular flexibility index (Phi) is 7.87. The maximum Gasteiger partial charge on any atom is 0.0462 e. The maximum absolute atomic E-state index is 9.53. The molecule has 1 aliphatic carbocycles. The predicted octanol–water partition coefficient (Wildman–Crippen LogP) is 3.34. The number of nitrogens with one attached hydrogen (secondary N) is 1. The summed E-state index contributed by atoms with van der Waals surface area (Å²) in [5.41, 5.74) is 0. The minimum atomic E-state index is 0.384. The van der Waals surface area contributed by atoms with Crippen molar-refractivity contribution < 1.29 is 5.11 Å². The van der Waals surface area contributed by atoms with Crippen molar-refractivity contribution in [1.82, 2.24) is 5.32 Å². The maximum atomic E-state index is 9.53. The minimum Gasteiger partial charge on any atom is -0.396 e. The summed E-state index contributed by atoms with van der Waals surface area (Å²) >= 11 is 0. The van der Waals surface area contributed by atoms with E-state index in [1.54, 1.807) is 0 Å². The topological polar surface area (TPSA) is 32.3 Å². The highest BCUT2D eigenvalue weighted by Crippen LogP contribution is 2.31. The van der Waals surface area contributed by atoms with Crippen LogP contribution in [0.15, 0.2) is 0 Å². The molecule has 17 heavy (non-hydrogen) atoms. The van der Waals surface area contributed by atoms with Gasteiger partial charge in [-0.2, -0.15) is 0 Å². The molecule has 0 heterocycles. The van der Waals surface area contributed by atoms with Crippen molar-refractivity contribution >= 4 is 0 Å². The summed E-state index contributed by atoms with van der Waals surface area (Å²) in [5.74, 6) is 1.33. The van der Waals surface area contributed by atoms with E-state index in [9.17, 15) is 5.11 Å². The van der Waals surface area contributed by atoms with E-state index in [0.29, 0.717) is 18.6 Å². The largest absolute Gasteiger partial charge is 0.396 e. The van der Waals surface area contributed by atoms with E-state index in [4.69, 9.17) is 0 Å². The van der Waals surface area contributed by atoms with Crippen LogP contribution < -0.4 is 5.32 Å². The van der Waals surface area contributed by atoms with Crippen molar-refractivity contribution in [3.8, 4) is 0 Å². The minimum absolute atomic E-state index is 0.384. The molecule has 0 radical (unpaired) electrons. The molecular weight excluding hydrogens is 210 g/mol. The van der Waals surface area contributed by atoms with Crippen molar-refractivity contribution in [3.05, 3.63) is 0 Å². The van der Waals surface area contributed by atoms with E-state index in [1.165, 1.54) is 44.9 Å². The molecule has 0 amide bonds. The quantitative estimate of drug-likeness (QED) is 0.683. The van der Waals surface area contributed by atoms with Gasteiger partial charge in [0, 0.05) is 12.6 Å². The van der Waals surface area contributed by atoms with E-state index in [0.717, 1.165) is 18.9 Å². The first-order valence-electron chi connectivity index (χ1n) is 7.66. The first kappa shape index (κ1) is 15.0. The zero-order valence-electron chi connectivity index (χ0n) is 11.8. The molecule has 0 aromatic heterocycles. The molecular formula is C15H31NO. The van der Waals surface area contributed by atoms with Gasteiger partial charge in [-0.05, 0) is 37.6 Å². The van der Waals surface area contributed by atoms with E-state index < -0.39 is 0 Å². The molecule has 0 aliphatic heterocycles. The Hall–Kier alpha value is -0.0800. The van der Waals surface area contributed by atoms with Crippen molar-refractivity contribution in [2.45, 2.75) is 71.3 Å². The van der Waals surface area contributed by atoms with Crippen LogP contribution in [0.5, 0.6) is 0 Å². The highest BCUT2D eigenvalue weighted by atomic mass is 16.3. The van der Waals surface area contributed by atoms with Crippen LogP contribution in [-0.2, 0) is 0 Å². The Balaban J connectivity index is 2.21. The van der Waals surface area contributed by atoms with Gasteiger partial charge in [-0.25, -0.2) is 0 Å². The molecule has 1 rings (SSSR count). The molecule has 0 aromatic rings. The van der Waals surface area contributed by atoms with Gasteiger partial charge in [0.15, 0.2) is 0 Å². The Morgan fingerprint density at radius 1 is 1.12 bits per heavy atom. The van der Waals surface area contributed by atoms with Crippen LogP contribution in [0.1, 0.15) is 65.2 Å². The summed E-state index contributed by atoms with van der Waals surface area (Å²) in [6, 6.07) is 0.667. The molecule has 1 saturated carbocycles. The second-order valence-corrected chi connectivity index (χ2v) is 5.60. The SMILES string of the molecule is CCC(CC)NCCC(CO)C1CCCCC1. The third-order valence-electron chi connectivity index (χ3n) is 4.48. The fraction of sp³-hybridized carbons (Fsp3) is 1.00. The molecule has 102 valence electrons. The first-order valence-corrected chi connectivity index (χ1v) is 7.66. The lowest BCUT2D eigenvalue weighted by atomic mass is 9.79. The second kappa shape index (κ2) is 8.93. The number of rotatable bonds is 8. The lowest BCUT2D eigenvalue weighted by molar-refractivity contribution is 0.138. The number of aliphatic hydroxyl groups excluding tert-OH is 1. The van der Waals surface area contributed by atoms with Gasteiger partial charge in [0.2, 0.25) is 0 Å². The van der Waals surface area contributed by atoms with E-state index in [1.807, 2.05) is 0 Å².